The average molecular weight is 394 g/mol. The molecular weight excluding hydrogens is 372 g/mol. The van der Waals surface area contributed by atoms with Gasteiger partial charge in [-0.1, -0.05) is 36.4 Å². The summed E-state index contributed by atoms with van der Waals surface area (Å²) in [5.41, 5.74) is 5.11. The van der Waals surface area contributed by atoms with Crippen LogP contribution in [0.3, 0.4) is 0 Å². The molecule has 0 unspecified atom stereocenters. The number of nitrogens with one attached hydrogen (secondary N) is 1. The van der Waals surface area contributed by atoms with Gasteiger partial charge in [-0.15, -0.1) is 0 Å². The normalized spacial score (nSPS) is 15.2. The number of rotatable bonds is 3. The van der Waals surface area contributed by atoms with Crippen molar-refractivity contribution in [3.63, 3.8) is 0 Å². The molecule has 5 heteroatoms. The molecule has 3 aromatic heterocycles. The van der Waals surface area contributed by atoms with Crippen LogP contribution in [-0.4, -0.2) is 27.6 Å². The van der Waals surface area contributed by atoms with E-state index in [2.05, 4.69) is 58.4 Å². The molecule has 0 spiro atoms. The fraction of sp³-hybridized carbons (Fsp3) is 0.200. The van der Waals surface area contributed by atoms with Crippen molar-refractivity contribution in [2.45, 2.75) is 18.9 Å². The quantitative estimate of drug-likeness (QED) is 0.443. The van der Waals surface area contributed by atoms with Gasteiger partial charge in [0.2, 0.25) is 0 Å². The van der Waals surface area contributed by atoms with Gasteiger partial charge in [0, 0.05) is 17.8 Å². The third-order valence-corrected chi connectivity index (χ3v) is 6.07. The lowest BCUT2D eigenvalue weighted by atomic mass is 10.0. The first-order valence-electron chi connectivity index (χ1n) is 10.5. The standard InChI is InChI=1S/C25H22N4O/c1-2-4-18-13-19(6-5-17(18)3-1)21-14-23-25(27-15-21)29(22-7-10-26-11-8-22)24(28-23)20-9-12-30-16-20/h1-6,9,12-16,22,26H,7-8,10-11H2. The Kier molecular flexibility index (Phi) is 4.13. The molecular formula is C25H22N4O. The van der Waals surface area contributed by atoms with Gasteiger partial charge in [-0.2, -0.15) is 0 Å². The zero-order valence-electron chi connectivity index (χ0n) is 16.6. The van der Waals surface area contributed by atoms with Crippen LogP contribution in [0.25, 0.3) is 44.5 Å². The molecule has 0 bridgehead atoms. The van der Waals surface area contributed by atoms with Gasteiger partial charge < -0.3 is 14.3 Å². The molecule has 1 aliphatic rings. The van der Waals surface area contributed by atoms with E-state index in [4.69, 9.17) is 14.4 Å². The van der Waals surface area contributed by atoms with E-state index in [-0.39, 0.29) is 0 Å². The number of hydrogen-bond donors (Lipinski definition) is 1. The summed E-state index contributed by atoms with van der Waals surface area (Å²) in [5.74, 6) is 0.939. The molecule has 0 radical (unpaired) electrons. The number of hydrogen-bond acceptors (Lipinski definition) is 4. The molecule has 0 saturated carbocycles. The molecule has 1 fully saturated rings. The molecule has 6 rings (SSSR count). The van der Waals surface area contributed by atoms with Crippen molar-refractivity contribution in [1.29, 1.82) is 0 Å². The average Bonchev–Trinajstić information content (AvgIpc) is 3.46. The van der Waals surface area contributed by atoms with Crippen molar-refractivity contribution in [2.75, 3.05) is 13.1 Å². The van der Waals surface area contributed by atoms with Crippen molar-refractivity contribution in [3.8, 4) is 22.5 Å². The predicted octanol–water partition coefficient (Wildman–Crippen LogP) is 5.44. The van der Waals surface area contributed by atoms with E-state index >= 15 is 0 Å². The Morgan fingerprint density at radius 3 is 2.60 bits per heavy atom. The number of benzene rings is 2. The van der Waals surface area contributed by atoms with Crippen LogP contribution in [0.2, 0.25) is 0 Å². The van der Waals surface area contributed by atoms with Crippen LogP contribution < -0.4 is 5.32 Å². The molecule has 0 atom stereocenters. The van der Waals surface area contributed by atoms with E-state index in [1.807, 2.05) is 12.3 Å². The van der Waals surface area contributed by atoms with Gasteiger partial charge in [0.1, 0.15) is 17.6 Å². The topological polar surface area (TPSA) is 55.9 Å². The molecule has 30 heavy (non-hydrogen) atoms. The Balaban J connectivity index is 1.50. The van der Waals surface area contributed by atoms with Gasteiger partial charge >= 0.3 is 0 Å². The van der Waals surface area contributed by atoms with Crippen LogP contribution in [0, 0.1) is 0 Å². The van der Waals surface area contributed by atoms with Crippen LogP contribution in [-0.2, 0) is 0 Å². The van der Waals surface area contributed by atoms with Crippen molar-refractivity contribution >= 4 is 21.9 Å². The van der Waals surface area contributed by atoms with Crippen LogP contribution in [0.4, 0.5) is 0 Å². The summed E-state index contributed by atoms with van der Waals surface area (Å²) in [6.07, 6.45) is 7.60. The van der Waals surface area contributed by atoms with Crippen LogP contribution in [0.1, 0.15) is 18.9 Å². The molecule has 0 amide bonds. The zero-order valence-corrected chi connectivity index (χ0v) is 16.6. The Morgan fingerprint density at radius 2 is 1.77 bits per heavy atom. The lowest BCUT2D eigenvalue weighted by molar-refractivity contribution is 0.376. The maximum atomic E-state index is 5.36. The number of furan rings is 1. The smallest absolute Gasteiger partial charge is 0.160 e. The van der Waals surface area contributed by atoms with Crippen LogP contribution in [0.5, 0.6) is 0 Å². The predicted molar refractivity (Wildman–Crippen MR) is 119 cm³/mol. The second-order valence-corrected chi connectivity index (χ2v) is 7.93. The highest BCUT2D eigenvalue weighted by molar-refractivity contribution is 5.89. The summed E-state index contributed by atoms with van der Waals surface area (Å²) >= 11 is 0. The Labute approximate surface area is 174 Å². The van der Waals surface area contributed by atoms with E-state index in [1.54, 1.807) is 12.5 Å². The Bertz CT molecular complexity index is 1330. The van der Waals surface area contributed by atoms with E-state index in [0.717, 1.165) is 59.6 Å². The minimum Gasteiger partial charge on any atom is -0.472 e. The monoisotopic (exact) mass is 394 g/mol. The summed E-state index contributed by atoms with van der Waals surface area (Å²) in [6.45, 7) is 2.04. The molecule has 1 saturated heterocycles. The molecule has 1 N–H and O–H groups in total. The minimum atomic E-state index is 0.389. The van der Waals surface area contributed by atoms with Gasteiger partial charge in [-0.3, -0.25) is 0 Å². The number of imidazole rings is 1. The lowest BCUT2D eigenvalue weighted by Gasteiger charge is -2.25. The van der Waals surface area contributed by atoms with Gasteiger partial charge in [0.25, 0.3) is 0 Å². The van der Waals surface area contributed by atoms with E-state index in [9.17, 15) is 0 Å². The highest BCUT2D eigenvalue weighted by Gasteiger charge is 2.23. The maximum absolute atomic E-state index is 5.36. The third kappa shape index (κ3) is 2.90. The summed E-state index contributed by atoms with van der Waals surface area (Å²) < 4.78 is 7.67. The first-order valence-corrected chi connectivity index (χ1v) is 10.5. The minimum absolute atomic E-state index is 0.389. The van der Waals surface area contributed by atoms with Gasteiger partial charge in [-0.05, 0) is 60.5 Å². The molecule has 2 aromatic carbocycles. The zero-order chi connectivity index (χ0) is 19.9. The number of nitrogens with zero attached hydrogens (tertiary/aromatic N) is 3. The molecule has 5 nitrogen and oxygen atoms in total. The van der Waals surface area contributed by atoms with E-state index in [0.29, 0.717) is 6.04 Å². The summed E-state index contributed by atoms with van der Waals surface area (Å²) in [6, 6.07) is 19.5. The SMILES string of the molecule is c1ccc2cc(-c3cnc4c(c3)nc(-c3ccoc3)n4C3CCNCC3)ccc2c1. The van der Waals surface area contributed by atoms with Crippen LogP contribution in [0.15, 0.2) is 77.7 Å². The summed E-state index contributed by atoms with van der Waals surface area (Å²) in [4.78, 5) is 9.89. The molecule has 5 aromatic rings. The van der Waals surface area contributed by atoms with Crippen molar-refractivity contribution in [1.82, 2.24) is 19.9 Å². The third-order valence-electron chi connectivity index (χ3n) is 6.07. The molecule has 4 heterocycles. The fourth-order valence-corrected chi connectivity index (χ4v) is 4.51. The first-order chi connectivity index (χ1) is 14.9. The first kappa shape index (κ1) is 17.4. The van der Waals surface area contributed by atoms with Crippen molar-refractivity contribution < 1.29 is 4.42 Å². The Hall–Kier alpha value is -3.44. The summed E-state index contributed by atoms with van der Waals surface area (Å²) in [5, 5.41) is 5.93. The van der Waals surface area contributed by atoms with Gasteiger partial charge in [-0.25, -0.2) is 9.97 Å². The number of aromatic nitrogens is 3. The number of piperidine rings is 1. The second kappa shape index (κ2) is 7.11. The largest absolute Gasteiger partial charge is 0.472 e. The highest BCUT2D eigenvalue weighted by atomic mass is 16.3. The maximum Gasteiger partial charge on any atom is 0.160 e. The van der Waals surface area contributed by atoms with Crippen LogP contribution >= 0.6 is 0 Å². The molecule has 0 aliphatic carbocycles. The molecule has 1 aliphatic heterocycles. The van der Waals surface area contributed by atoms with Crippen molar-refractivity contribution in [3.05, 3.63) is 73.3 Å². The molecule has 148 valence electrons. The van der Waals surface area contributed by atoms with E-state index in [1.165, 1.54) is 10.8 Å². The fourth-order valence-electron chi connectivity index (χ4n) is 4.51. The van der Waals surface area contributed by atoms with Gasteiger partial charge in [0.15, 0.2) is 5.65 Å². The highest BCUT2D eigenvalue weighted by Crippen LogP contribution is 2.33. The Morgan fingerprint density at radius 1 is 0.900 bits per heavy atom. The van der Waals surface area contributed by atoms with Gasteiger partial charge in [0.05, 0.1) is 11.8 Å². The van der Waals surface area contributed by atoms with E-state index < -0.39 is 0 Å². The lowest BCUT2D eigenvalue weighted by Crippen LogP contribution is -2.29. The number of pyridine rings is 1. The summed E-state index contributed by atoms with van der Waals surface area (Å²) in [7, 11) is 0. The van der Waals surface area contributed by atoms with Crippen molar-refractivity contribution in [2.24, 2.45) is 0 Å². The number of fused-ring (bicyclic) bond motifs is 2. The second-order valence-electron chi connectivity index (χ2n) is 7.93.